The van der Waals surface area contributed by atoms with Gasteiger partial charge in [-0.1, -0.05) is 71.1 Å². The predicted molar refractivity (Wildman–Crippen MR) is 164 cm³/mol. The monoisotopic (exact) mass is 648 g/mol. The number of hydrogen-bond donors (Lipinski definition) is 1. The number of carbonyl (C=O) groups is 3. The van der Waals surface area contributed by atoms with Crippen molar-refractivity contribution in [2.45, 2.75) is 85.5 Å². The molecule has 2 saturated heterocycles. The second kappa shape index (κ2) is 14.4. The minimum absolute atomic E-state index is 0.0753. The Balaban J connectivity index is 1.63. The summed E-state index contributed by atoms with van der Waals surface area (Å²) >= 11 is 2.42. The molecule has 11 nitrogen and oxygen atoms in total. The molecule has 0 aromatic heterocycles. The number of nitrogens with two attached hydrogens (primary N) is 1. The first-order valence-corrected chi connectivity index (χ1v) is 17.0. The Morgan fingerprint density at radius 1 is 1.02 bits per heavy atom. The molecule has 3 heterocycles. The summed E-state index contributed by atoms with van der Waals surface area (Å²) in [6.07, 6.45) is 4.70. The number of carbonyl (C=O) groups excluding carboxylic acids is 3. The number of nitrogens with zero attached hydrogens (tertiary/aromatic N) is 1. The van der Waals surface area contributed by atoms with E-state index in [4.69, 9.17) is 33.5 Å². The molecule has 2 fully saturated rings. The maximum absolute atomic E-state index is 12.3. The number of hydrogen-bond acceptors (Lipinski definition) is 12. The lowest BCUT2D eigenvalue weighted by Gasteiger charge is -2.37. The van der Waals surface area contributed by atoms with Crippen molar-refractivity contribution in [3.8, 4) is 0 Å². The Labute approximate surface area is 258 Å². The van der Waals surface area contributed by atoms with Crippen molar-refractivity contribution in [2.75, 3.05) is 37.9 Å². The molecule has 42 heavy (non-hydrogen) atoms. The van der Waals surface area contributed by atoms with Gasteiger partial charge in [0.05, 0.1) is 26.4 Å². The molecule has 0 aromatic rings. The van der Waals surface area contributed by atoms with Gasteiger partial charge < -0.3 is 38.4 Å². The van der Waals surface area contributed by atoms with Gasteiger partial charge in [-0.25, -0.2) is 0 Å². The van der Waals surface area contributed by atoms with Gasteiger partial charge >= 0.3 is 8.60 Å². The number of allylic oxidation sites excluding steroid dienone is 1. The highest BCUT2D eigenvalue weighted by molar-refractivity contribution is 8.14. The molecule has 14 heteroatoms. The number of thioether (sulfide) groups is 2. The van der Waals surface area contributed by atoms with Crippen molar-refractivity contribution in [1.82, 2.24) is 4.90 Å². The average Bonchev–Trinajstić information content (AvgIpc) is 3.36. The van der Waals surface area contributed by atoms with E-state index in [0.29, 0.717) is 23.5 Å². The maximum Gasteiger partial charge on any atom is 0.332 e. The fraction of sp³-hybridized carbons (Fsp3) is 0.750. The van der Waals surface area contributed by atoms with Crippen LogP contribution in [-0.2, 0) is 42.2 Å². The van der Waals surface area contributed by atoms with Crippen LogP contribution in [0.2, 0.25) is 0 Å². The van der Waals surface area contributed by atoms with E-state index in [-0.39, 0.29) is 36.7 Å². The molecule has 0 radical (unpaired) electrons. The molecule has 0 spiro atoms. The van der Waals surface area contributed by atoms with Crippen LogP contribution in [-0.4, -0.2) is 82.7 Å². The standard InChI is InChI=1S/C28H45N2O9PS2/c1-25(2,3)23(32)41-14-12-35-40(36-13-15-42-24(33)26(4,5)6)37-17-20-21-28(18-34-20,39-27(7,8)38-21)30-11-9-10-19(16-30)22(29)31/h9,11,16,20-21H,10,12-15,17-18H2,1-8H3,(H2,29,31). The van der Waals surface area contributed by atoms with Gasteiger partial charge in [0.1, 0.15) is 12.2 Å². The van der Waals surface area contributed by atoms with E-state index in [9.17, 15) is 14.4 Å². The van der Waals surface area contributed by atoms with E-state index >= 15 is 0 Å². The first kappa shape index (κ1) is 35.5. The Kier molecular flexibility index (Phi) is 12.1. The largest absolute Gasteiger partial charge is 0.368 e. The fourth-order valence-electron chi connectivity index (χ4n) is 4.24. The van der Waals surface area contributed by atoms with E-state index in [1.165, 1.54) is 23.5 Å². The molecule has 0 aromatic carbocycles. The zero-order chi connectivity index (χ0) is 31.3. The molecule has 1 amide bonds. The number of ether oxygens (including phenoxy) is 3. The molecule has 3 unspecified atom stereocenters. The molecule has 0 saturated carbocycles. The molecular weight excluding hydrogens is 603 g/mol. The zero-order valence-electron chi connectivity index (χ0n) is 25.8. The first-order valence-electron chi connectivity index (χ1n) is 13.9. The first-order chi connectivity index (χ1) is 19.4. The topological polar surface area (TPSA) is 136 Å². The van der Waals surface area contributed by atoms with Crippen molar-refractivity contribution in [2.24, 2.45) is 16.6 Å². The van der Waals surface area contributed by atoms with Gasteiger partial charge in [0.25, 0.3) is 0 Å². The third-order valence-corrected chi connectivity index (χ3v) is 10.0. The van der Waals surface area contributed by atoms with Crippen molar-refractivity contribution in [1.29, 1.82) is 0 Å². The molecular formula is C28H45N2O9PS2. The quantitative estimate of drug-likeness (QED) is 0.219. The molecule has 3 rings (SSSR count). The summed E-state index contributed by atoms with van der Waals surface area (Å²) in [6, 6.07) is 0. The van der Waals surface area contributed by atoms with Gasteiger partial charge in [-0.05, 0) is 20.3 Å². The lowest BCUT2D eigenvalue weighted by molar-refractivity contribution is -0.208. The average molecular weight is 649 g/mol. The minimum Gasteiger partial charge on any atom is -0.368 e. The number of primary amides is 1. The van der Waals surface area contributed by atoms with Crippen LogP contribution in [0.5, 0.6) is 0 Å². The van der Waals surface area contributed by atoms with Crippen LogP contribution in [0.3, 0.4) is 0 Å². The Bertz CT molecular complexity index is 1020. The van der Waals surface area contributed by atoms with E-state index in [1.807, 2.05) is 67.7 Å². The lowest BCUT2D eigenvalue weighted by atomic mass is 9.99. The van der Waals surface area contributed by atoms with Crippen LogP contribution >= 0.6 is 32.1 Å². The summed E-state index contributed by atoms with van der Waals surface area (Å²) in [6.45, 7) is 15.6. The molecule has 3 aliphatic rings. The highest BCUT2D eigenvalue weighted by Crippen LogP contribution is 2.48. The summed E-state index contributed by atoms with van der Waals surface area (Å²) in [5.41, 5.74) is 4.09. The number of amides is 1. The molecule has 2 N–H and O–H groups in total. The molecule has 3 atom stereocenters. The zero-order valence-corrected chi connectivity index (χ0v) is 28.3. The summed E-state index contributed by atoms with van der Waals surface area (Å²) in [7, 11) is -1.81. The van der Waals surface area contributed by atoms with Crippen LogP contribution in [0.15, 0.2) is 24.0 Å². The SMILES string of the molecule is CC1(C)OC2C(COP(OCCSC(=O)C(C)(C)C)OCCSC(=O)C(C)(C)C)OCC2(N2C=CCC(C(N)=O)=C2)O1. The van der Waals surface area contributed by atoms with Crippen molar-refractivity contribution in [3.05, 3.63) is 24.0 Å². The molecule has 238 valence electrons. The lowest BCUT2D eigenvalue weighted by Crippen LogP contribution is -2.53. The van der Waals surface area contributed by atoms with Crippen LogP contribution in [0.4, 0.5) is 0 Å². The maximum atomic E-state index is 12.3. The number of rotatable bonds is 13. The van der Waals surface area contributed by atoms with E-state index < -0.39 is 49.1 Å². The van der Waals surface area contributed by atoms with Crippen LogP contribution in [0.1, 0.15) is 61.8 Å². The molecule has 0 bridgehead atoms. The van der Waals surface area contributed by atoms with Crippen molar-refractivity contribution < 1.29 is 42.2 Å². The van der Waals surface area contributed by atoms with Crippen LogP contribution in [0.25, 0.3) is 0 Å². The summed E-state index contributed by atoms with van der Waals surface area (Å²) < 4.78 is 36.7. The Hall–Kier alpha value is -1.02. The van der Waals surface area contributed by atoms with Gasteiger partial charge in [-0.3, -0.25) is 14.4 Å². The highest BCUT2D eigenvalue weighted by Gasteiger charge is 2.63. The number of fused-ring (bicyclic) bond motifs is 1. The smallest absolute Gasteiger partial charge is 0.332 e. The van der Waals surface area contributed by atoms with Crippen LogP contribution < -0.4 is 5.73 Å². The molecule has 0 aliphatic carbocycles. The van der Waals surface area contributed by atoms with Gasteiger partial charge in [0, 0.05) is 40.3 Å². The van der Waals surface area contributed by atoms with Crippen LogP contribution in [0, 0.1) is 10.8 Å². The third kappa shape index (κ3) is 9.49. The summed E-state index contributed by atoms with van der Waals surface area (Å²) in [5.74, 6) is -0.514. The summed E-state index contributed by atoms with van der Waals surface area (Å²) in [5, 5.41) is 0.151. The van der Waals surface area contributed by atoms with E-state index in [0.717, 1.165) is 0 Å². The predicted octanol–water partition coefficient (Wildman–Crippen LogP) is 4.71. The second-order valence-electron chi connectivity index (χ2n) is 12.7. The van der Waals surface area contributed by atoms with Gasteiger partial charge in [0.2, 0.25) is 5.91 Å². The van der Waals surface area contributed by atoms with E-state index in [2.05, 4.69) is 0 Å². The Morgan fingerprint density at radius 3 is 2.12 bits per heavy atom. The van der Waals surface area contributed by atoms with Crippen molar-refractivity contribution in [3.63, 3.8) is 0 Å². The van der Waals surface area contributed by atoms with E-state index in [1.54, 1.807) is 11.1 Å². The van der Waals surface area contributed by atoms with Crippen molar-refractivity contribution >= 4 is 48.3 Å². The third-order valence-electron chi connectivity index (χ3n) is 6.37. The molecule has 3 aliphatic heterocycles. The van der Waals surface area contributed by atoms with Gasteiger partial charge in [-0.15, -0.1) is 0 Å². The minimum atomic E-state index is -1.81. The van der Waals surface area contributed by atoms with Gasteiger partial charge in [-0.2, -0.15) is 0 Å². The van der Waals surface area contributed by atoms with Gasteiger partial charge in [0.15, 0.2) is 21.7 Å². The normalized spacial score (nSPS) is 25.5. The highest BCUT2D eigenvalue weighted by atomic mass is 32.2. The Morgan fingerprint density at radius 2 is 1.60 bits per heavy atom. The summed E-state index contributed by atoms with van der Waals surface area (Å²) in [4.78, 5) is 38.2. The fourth-order valence-corrected chi connectivity index (χ4v) is 7.03. The second-order valence-corrected chi connectivity index (χ2v) is 16.1.